The summed E-state index contributed by atoms with van der Waals surface area (Å²) in [5, 5.41) is 2.61. The Morgan fingerprint density at radius 1 is 1.00 bits per heavy atom. The lowest BCUT2D eigenvalue weighted by Crippen LogP contribution is -2.17. The number of carbonyl (C=O) groups excluding carboxylic acids is 1. The Morgan fingerprint density at radius 2 is 1.53 bits per heavy atom. The fourth-order valence-corrected chi connectivity index (χ4v) is 1.99. The molecule has 0 atom stereocenters. The fraction of sp³-hybridized carbons (Fsp3) is 0.188. The van der Waals surface area contributed by atoms with Gasteiger partial charge in [-0.3, -0.25) is 4.79 Å². The zero-order valence-corrected chi connectivity index (χ0v) is 11.0. The number of nitrogens with two attached hydrogens (primary N) is 1. The molecule has 2 aromatic rings. The summed E-state index contributed by atoms with van der Waals surface area (Å²) in [6.07, 6.45) is 0.899. The quantitative estimate of drug-likeness (QED) is 0.879. The highest BCUT2D eigenvalue weighted by Gasteiger charge is 2.03. The molecule has 2 rings (SSSR count). The molecule has 0 aliphatic carbocycles. The van der Waals surface area contributed by atoms with Gasteiger partial charge in [0, 0.05) is 12.6 Å². The van der Waals surface area contributed by atoms with Gasteiger partial charge in [-0.25, -0.2) is 0 Å². The number of amides is 1. The van der Waals surface area contributed by atoms with Crippen LogP contribution in [0, 0.1) is 0 Å². The highest BCUT2D eigenvalue weighted by atomic mass is 16.1. The summed E-state index contributed by atoms with van der Waals surface area (Å²) in [6, 6.07) is 15.9. The van der Waals surface area contributed by atoms with Crippen molar-refractivity contribution in [2.24, 2.45) is 5.73 Å². The van der Waals surface area contributed by atoms with Crippen molar-refractivity contribution in [1.82, 2.24) is 5.32 Å². The maximum atomic E-state index is 11.5. The van der Waals surface area contributed by atoms with Gasteiger partial charge in [-0.2, -0.15) is 0 Å². The molecular formula is C16H18N2O. The minimum atomic E-state index is -0.0650. The van der Waals surface area contributed by atoms with Crippen molar-refractivity contribution >= 4 is 5.91 Å². The summed E-state index contributed by atoms with van der Waals surface area (Å²) in [4.78, 5) is 11.5. The van der Waals surface area contributed by atoms with Crippen LogP contribution in [0.15, 0.2) is 48.5 Å². The first kappa shape index (κ1) is 13.3. The summed E-state index contributed by atoms with van der Waals surface area (Å²) in [6.45, 7) is 0.667. The first-order chi connectivity index (χ1) is 9.24. The lowest BCUT2D eigenvalue weighted by molar-refractivity contribution is 0.0963. The Balaban J connectivity index is 2.19. The SMILES string of the molecule is CNC(=O)c1ccc(-c2ccc(CCN)cc2)cc1. The van der Waals surface area contributed by atoms with Crippen LogP contribution in [0.2, 0.25) is 0 Å². The largest absolute Gasteiger partial charge is 0.355 e. The van der Waals surface area contributed by atoms with Crippen molar-refractivity contribution in [3.63, 3.8) is 0 Å². The van der Waals surface area contributed by atoms with Gasteiger partial charge in [0.25, 0.3) is 5.91 Å². The summed E-state index contributed by atoms with van der Waals surface area (Å²) >= 11 is 0. The minimum absolute atomic E-state index is 0.0650. The van der Waals surface area contributed by atoms with Gasteiger partial charge in [-0.1, -0.05) is 36.4 Å². The lowest BCUT2D eigenvalue weighted by Gasteiger charge is -2.05. The molecule has 0 spiro atoms. The minimum Gasteiger partial charge on any atom is -0.355 e. The van der Waals surface area contributed by atoms with Crippen LogP contribution < -0.4 is 11.1 Å². The summed E-state index contributed by atoms with van der Waals surface area (Å²) in [7, 11) is 1.63. The van der Waals surface area contributed by atoms with Gasteiger partial charge in [0.1, 0.15) is 0 Å². The van der Waals surface area contributed by atoms with E-state index in [0.29, 0.717) is 12.1 Å². The Morgan fingerprint density at radius 3 is 2.00 bits per heavy atom. The topological polar surface area (TPSA) is 55.1 Å². The number of nitrogens with one attached hydrogen (secondary N) is 1. The lowest BCUT2D eigenvalue weighted by atomic mass is 10.0. The molecule has 0 aromatic heterocycles. The molecule has 3 nitrogen and oxygen atoms in total. The molecule has 3 N–H and O–H groups in total. The van der Waals surface area contributed by atoms with Crippen molar-refractivity contribution < 1.29 is 4.79 Å². The van der Waals surface area contributed by atoms with Gasteiger partial charge in [-0.05, 0) is 41.8 Å². The highest BCUT2D eigenvalue weighted by molar-refractivity contribution is 5.94. The molecule has 98 valence electrons. The van der Waals surface area contributed by atoms with E-state index in [1.165, 1.54) is 5.56 Å². The molecule has 0 saturated heterocycles. The van der Waals surface area contributed by atoms with Gasteiger partial charge in [0.2, 0.25) is 0 Å². The molecule has 0 unspecified atom stereocenters. The summed E-state index contributed by atoms with van der Waals surface area (Å²) < 4.78 is 0. The second-order valence-corrected chi connectivity index (χ2v) is 4.39. The Bertz CT molecular complexity index is 544. The first-order valence-electron chi connectivity index (χ1n) is 6.36. The molecule has 2 aromatic carbocycles. The van der Waals surface area contributed by atoms with Crippen LogP contribution >= 0.6 is 0 Å². The normalized spacial score (nSPS) is 10.2. The Kier molecular flexibility index (Phi) is 4.31. The van der Waals surface area contributed by atoms with Crippen LogP contribution in [0.4, 0.5) is 0 Å². The molecule has 1 amide bonds. The van der Waals surface area contributed by atoms with Gasteiger partial charge in [0.15, 0.2) is 0 Å². The molecule has 0 heterocycles. The van der Waals surface area contributed by atoms with Crippen LogP contribution in [0.25, 0.3) is 11.1 Å². The van der Waals surface area contributed by atoms with Crippen LogP contribution in [0.1, 0.15) is 15.9 Å². The predicted molar refractivity (Wildman–Crippen MR) is 78.0 cm³/mol. The average Bonchev–Trinajstić information content (AvgIpc) is 2.48. The maximum Gasteiger partial charge on any atom is 0.251 e. The van der Waals surface area contributed by atoms with Gasteiger partial charge in [0.05, 0.1) is 0 Å². The molecule has 19 heavy (non-hydrogen) atoms. The molecule has 0 aliphatic rings. The maximum absolute atomic E-state index is 11.5. The summed E-state index contributed by atoms with van der Waals surface area (Å²) in [5.74, 6) is -0.0650. The van der Waals surface area contributed by atoms with Crippen LogP contribution in [-0.4, -0.2) is 19.5 Å². The third kappa shape index (κ3) is 3.20. The van der Waals surface area contributed by atoms with E-state index in [-0.39, 0.29) is 5.91 Å². The van der Waals surface area contributed by atoms with Crippen molar-refractivity contribution in [2.75, 3.05) is 13.6 Å². The molecule has 3 heteroatoms. The van der Waals surface area contributed by atoms with E-state index in [1.54, 1.807) is 7.05 Å². The third-order valence-electron chi connectivity index (χ3n) is 3.09. The van der Waals surface area contributed by atoms with Gasteiger partial charge in [-0.15, -0.1) is 0 Å². The van der Waals surface area contributed by atoms with E-state index < -0.39 is 0 Å². The number of hydrogen-bond donors (Lipinski definition) is 2. The van der Waals surface area contributed by atoms with Crippen molar-refractivity contribution in [3.8, 4) is 11.1 Å². The standard InChI is InChI=1S/C16H18N2O/c1-18-16(19)15-8-6-14(7-9-15)13-4-2-12(3-5-13)10-11-17/h2-9H,10-11,17H2,1H3,(H,18,19). The van der Waals surface area contributed by atoms with E-state index in [0.717, 1.165) is 17.5 Å². The Hall–Kier alpha value is -2.13. The van der Waals surface area contributed by atoms with E-state index in [4.69, 9.17) is 5.73 Å². The predicted octanol–water partition coefficient (Wildman–Crippen LogP) is 2.21. The van der Waals surface area contributed by atoms with Crippen LogP contribution in [0.3, 0.4) is 0 Å². The van der Waals surface area contributed by atoms with Crippen molar-refractivity contribution in [2.45, 2.75) is 6.42 Å². The smallest absolute Gasteiger partial charge is 0.251 e. The zero-order valence-electron chi connectivity index (χ0n) is 11.0. The summed E-state index contributed by atoms with van der Waals surface area (Å²) in [5.41, 5.74) is 9.69. The molecule has 0 fully saturated rings. The monoisotopic (exact) mass is 254 g/mol. The zero-order chi connectivity index (χ0) is 13.7. The highest BCUT2D eigenvalue weighted by Crippen LogP contribution is 2.20. The molecule has 0 saturated carbocycles. The van der Waals surface area contributed by atoms with Gasteiger partial charge < -0.3 is 11.1 Å². The number of benzene rings is 2. The van der Waals surface area contributed by atoms with Gasteiger partial charge >= 0.3 is 0 Å². The van der Waals surface area contributed by atoms with Crippen LogP contribution in [-0.2, 0) is 6.42 Å². The van der Waals surface area contributed by atoms with E-state index in [1.807, 2.05) is 24.3 Å². The molecular weight excluding hydrogens is 236 g/mol. The number of rotatable bonds is 4. The van der Waals surface area contributed by atoms with Crippen molar-refractivity contribution in [3.05, 3.63) is 59.7 Å². The Labute approximate surface area is 113 Å². The first-order valence-corrected chi connectivity index (χ1v) is 6.36. The number of carbonyl (C=O) groups is 1. The second kappa shape index (κ2) is 6.16. The third-order valence-corrected chi connectivity index (χ3v) is 3.09. The second-order valence-electron chi connectivity index (χ2n) is 4.39. The van der Waals surface area contributed by atoms with Crippen molar-refractivity contribution in [1.29, 1.82) is 0 Å². The fourth-order valence-electron chi connectivity index (χ4n) is 1.99. The van der Waals surface area contributed by atoms with E-state index in [2.05, 4.69) is 29.6 Å². The van der Waals surface area contributed by atoms with E-state index in [9.17, 15) is 4.79 Å². The van der Waals surface area contributed by atoms with E-state index >= 15 is 0 Å². The number of hydrogen-bond acceptors (Lipinski definition) is 2. The molecule has 0 bridgehead atoms. The molecule has 0 radical (unpaired) electrons. The molecule has 0 aliphatic heterocycles. The van der Waals surface area contributed by atoms with Crippen LogP contribution in [0.5, 0.6) is 0 Å². The average molecular weight is 254 g/mol.